The second-order valence-electron chi connectivity index (χ2n) is 9.66. The van der Waals surface area contributed by atoms with Crippen molar-refractivity contribution < 1.29 is 29.2 Å². The van der Waals surface area contributed by atoms with Gasteiger partial charge in [0.15, 0.2) is 5.82 Å². The Kier molecular flexibility index (Phi) is 8.95. The van der Waals surface area contributed by atoms with Gasteiger partial charge < -0.3 is 15.2 Å². The molecule has 0 unspecified atom stereocenters. The number of carboxylic acid groups (broad SMARTS) is 1. The van der Waals surface area contributed by atoms with E-state index in [0.29, 0.717) is 16.3 Å². The van der Waals surface area contributed by atoms with Gasteiger partial charge in [0.1, 0.15) is 11.3 Å². The second kappa shape index (κ2) is 12.4. The van der Waals surface area contributed by atoms with Crippen LogP contribution >= 0.6 is 11.6 Å². The third-order valence-corrected chi connectivity index (χ3v) is 7.36. The molecule has 3 amide bonds. The third-order valence-electron chi connectivity index (χ3n) is 7.13. The summed E-state index contributed by atoms with van der Waals surface area (Å²) in [5.74, 6) is -2.18. The molecule has 0 saturated carbocycles. The van der Waals surface area contributed by atoms with Gasteiger partial charge in [0.25, 0.3) is 5.69 Å². The summed E-state index contributed by atoms with van der Waals surface area (Å²) >= 11 is 6.20. The summed E-state index contributed by atoms with van der Waals surface area (Å²) in [5, 5.41) is 28.3. The standard InChI is InChI=1S/C27H29ClN6O8/c1-4-20(15-6-8-19(25(36)37)21(12-15)34(40)41)29-26(38)32-14-23-30-33(5-2)27(39)31(23)13-17(24(32)35)10-16-11-18(28)7-9-22(16)42-3/h6-9,11-12,17,20H,4-5,10,13-14H2,1-3H3,(H,29,38)(H,36,37)/t17-,20+/m0/s1. The predicted molar refractivity (Wildman–Crippen MR) is 150 cm³/mol. The summed E-state index contributed by atoms with van der Waals surface area (Å²) in [6.45, 7) is 3.44. The van der Waals surface area contributed by atoms with Crippen LogP contribution in [0.15, 0.2) is 41.2 Å². The van der Waals surface area contributed by atoms with Gasteiger partial charge in [-0.1, -0.05) is 24.6 Å². The van der Waals surface area contributed by atoms with Gasteiger partial charge in [-0.15, -0.1) is 0 Å². The Bertz CT molecular complexity index is 1620. The van der Waals surface area contributed by atoms with Crippen molar-refractivity contribution in [2.24, 2.45) is 5.92 Å². The van der Waals surface area contributed by atoms with Gasteiger partial charge in [-0.3, -0.25) is 24.4 Å². The Balaban J connectivity index is 1.70. The number of nitro benzene ring substituents is 1. The number of carbonyl (C=O) groups is 3. The van der Waals surface area contributed by atoms with Gasteiger partial charge in [-0.25, -0.2) is 19.1 Å². The number of methoxy groups -OCH3 is 1. The Morgan fingerprint density at radius 1 is 1.24 bits per heavy atom. The molecular weight excluding hydrogens is 572 g/mol. The number of halogens is 1. The maximum atomic E-state index is 13.9. The van der Waals surface area contributed by atoms with Gasteiger partial charge in [0.05, 0.1) is 30.5 Å². The third kappa shape index (κ3) is 5.98. The minimum atomic E-state index is -1.46. The van der Waals surface area contributed by atoms with Crippen molar-refractivity contribution in [3.8, 4) is 5.75 Å². The molecule has 0 spiro atoms. The number of ether oxygens (including phenoxy) is 1. The van der Waals surface area contributed by atoms with E-state index in [-0.39, 0.29) is 43.9 Å². The number of imide groups is 1. The quantitative estimate of drug-likeness (QED) is 0.275. The molecule has 0 radical (unpaired) electrons. The highest BCUT2D eigenvalue weighted by Gasteiger charge is 2.37. The van der Waals surface area contributed by atoms with Gasteiger partial charge >= 0.3 is 17.7 Å². The fourth-order valence-electron chi connectivity index (χ4n) is 4.97. The van der Waals surface area contributed by atoms with Crippen LogP contribution in [0.5, 0.6) is 5.75 Å². The molecule has 1 aromatic heterocycles. The number of nitro groups is 1. The van der Waals surface area contributed by atoms with Crippen LogP contribution in [-0.2, 0) is 30.8 Å². The smallest absolute Gasteiger partial charge is 0.345 e. The molecule has 2 aromatic carbocycles. The number of amides is 3. The number of hydrogen-bond acceptors (Lipinski definition) is 8. The molecule has 0 bridgehead atoms. The first-order valence-electron chi connectivity index (χ1n) is 13.1. The number of hydrogen-bond donors (Lipinski definition) is 2. The molecule has 2 N–H and O–H groups in total. The molecule has 3 aromatic rings. The van der Waals surface area contributed by atoms with Crippen LogP contribution in [0, 0.1) is 16.0 Å². The van der Waals surface area contributed by atoms with E-state index in [9.17, 15) is 34.4 Å². The lowest BCUT2D eigenvalue weighted by Gasteiger charge is -2.26. The van der Waals surface area contributed by atoms with E-state index >= 15 is 0 Å². The van der Waals surface area contributed by atoms with E-state index in [1.54, 1.807) is 32.0 Å². The summed E-state index contributed by atoms with van der Waals surface area (Å²) in [4.78, 5) is 63.6. The second-order valence-corrected chi connectivity index (χ2v) is 10.1. The normalized spacial score (nSPS) is 15.5. The minimum Gasteiger partial charge on any atom is -0.496 e. The van der Waals surface area contributed by atoms with Crippen LogP contribution in [0.4, 0.5) is 10.5 Å². The minimum absolute atomic E-state index is 0.0352. The number of carboxylic acids is 1. The van der Waals surface area contributed by atoms with Crippen molar-refractivity contribution in [3.63, 3.8) is 0 Å². The molecule has 222 valence electrons. The van der Waals surface area contributed by atoms with Crippen molar-refractivity contribution in [3.05, 3.63) is 84.5 Å². The molecule has 0 fully saturated rings. The highest BCUT2D eigenvalue weighted by Crippen LogP contribution is 2.29. The summed E-state index contributed by atoms with van der Waals surface area (Å²) in [6, 6.07) is 6.95. The molecule has 0 aliphatic carbocycles. The van der Waals surface area contributed by atoms with Gasteiger partial charge in [0, 0.05) is 24.2 Å². The first-order chi connectivity index (χ1) is 20.0. The zero-order valence-corrected chi connectivity index (χ0v) is 23.8. The van der Waals surface area contributed by atoms with Crippen molar-refractivity contribution in [2.45, 2.75) is 52.4 Å². The predicted octanol–water partition coefficient (Wildman–Crippen LogP) is 3.40. The van der Waals surface area contributed by atoms with Crippen LogP contribution in [0.25, 0.3) is 0 Å². The molecule has 2 atom stereocenters. The summed E-state index contributed by atoms with van der Waals surface area (Å²) in [5.41, 5.74) is -0.625. The molecule has 0 saturated heterocycles. The fraction of sp³-hybridized carbons (Fsp3) is 0.370. The van der Waals surface area contributed by atoms with Crippen molar-refractivity contribution in [1.82, 2.24) is 24.6 Å². The summed E-state index contributed by atoms with van der Waals surface area (Å²) in [6.07, 6.45) is 0.380. The molecule has 15 heteroatoms. The zero-order chi connectivity index (χ0) is 30.7. The lowest BCUT2D eigenvalue weighted by molar-refractivity contribution is -0.385. The van der Waals surface area contributed by atoms with Crippen LogP contribution in [0.3, 0.4) is 0 Å². The first kappa shape index (κ1) is 30.2. The Hall–Kier alpha value is -4.72. The zero-order valence-electron chi connectivity index (χ0n) is 23.1. The highest BCUT2D eigenvalue weighted by atomic mass is 35.5. The molecule has 42 heavy (non-hydrogen) atoms. The van der Waals surface area contributed by atoms with E-state index < -0.39 is 51.7 Å². The van der Waals surface area contributed by atoms with Crippen molar-refractivity contribution in [2.75, 3.05) is 7.11 Å². The van der Waals surface area contributed by atoms with E-state index in [2.05, 4.69) is 10.4 Å². The fourth-order valence-corrected chi connectivity index (χ4v) is 5.17. The van der Waals surface area contributed by atoms with Gasteiger partial charge in [-0.2, -0.15) is 5.10 Å². The topological polar surface area (TPSA) is 179 Å². The number of urea groups is 1. The van der Waals surface area contributed by atoms with Crippen LogP contribution in [0.2, 0.25) is 5.02 Å². The first-order valence-corrected chi connectivity index (χ1v) is 13.5. The molecule has 2 heterocycles. The van der Waals surface area contributed by atoms with E-state index in [1.807, 2.05) is 0 Å². The molecular formula is C27H29ClN6O8. The molecule has 1 aliphatic rings. The lowest BCUT2D eigenvalue weighted by Crippen LogP contribution is -2.46. The SMILES string of the molecule is CC[C@@H](NC(=O)N1Cc2nn(CC)c(=O)n2C[C@H](Cc2cc(Cl)ccc2OC)C1=O)c1ccc(C(=O)O)c([N+](=O)[O-])c1. The number of aromatic nitrogens is 3. The van der Waals surface area contributed by atoms with Crippen molar-refractivity contribution in [1.29, 1.82) is 0 Å². The van der Waals surface area contributed by atoms with Gasteiger partial charge in [0.2, 0.25) is 5.91 Å². The number of rotatable bonds is 9. The Morgan fingerprint density at radius 3 is 2.60 bits per heavy atom. The van der Waals surface area contributed by atoms with E-state index in [0.717, 1.165) is 17.0 Å². The van der Waals surface area contributed by atoms with E-state index in [1.165, 1.54) is 22.4 Å². The number of aromatic carboxylic acids is 1. The number of aryl methyl sites for hydroxylation is 1. The largest absolute Gasteiger partial charge is 0.496 e. The molecule has 4 rings (SSSR count). The number of carbonyl (C=O) groups excluding carboxylic acids is 2. The maximum absolute atomic E-state index is 13.9. The Morgan fingerprint density at radius 2 is 1.98 bits per heavy atom. The lowest BCUT2D eigenvalue weighted by atomic mass is 9.97. The van der Waals surface area contributed by atoms with Gasteiger partial charge in [-0.05, 0) is 55.2 Å². The number of benzene rings is 2. The van der Waals surface area contributed by atoms with Crippen molar-refractivity contribution >= 4 is 35.2 Å². The summed E-state index contributed by atoms with van der Waals surface area (Å²) in [7, 11) is 1.48. The van der Waals surface area contributed by atoms with E-state index in [4.69, 9.17) is 16.3 Å². The number of fused-ring (bicyclic) bond motifs is 1. The van der Waals surface area contributed by atoms with Crippen LogP contribution in [-0.4, -0.2) is 54.3 Å². The number of nitrogens with one attached hydrogen (secondary N) is 1. The Labute approximate surface area is 244 Å². The molecule has 1 aliphatic heterocycles. The van der Waals surface area contributed by atoms with Crippen LogP contribution < -0.4 is 15.7 Å². The maximum Gasteiger partial charge on any atom is 0.345 e. The highest BCUT2D eigenvalue weighted by molar-refractivity contribution is 6.30. The molecule has 14 nitrogen and oxygen atoms in total. The summed E-state index contributed by atoms with van der Waals surface area (Å²) < 4.78 is 8.05. The van der Waals surface area contributed by atoms with Crippen LogP contribution in [0.1, 0.15) is 53.6 Å². The number of nitrogens with zero attached hydrogens (tertiary/aromatic N) is 5. The average molecular weight is 601 g/mol. The average Bonchev–Trinajstić information content (AvgIpc) is 3.18. The monoisotopic (exact) mass is 600 g/mol.